The quantitative estimate of drug-likeness (QED) is 0.738. The van der Waals surface area contributed by atoms with Gasteiger partial charge in [0.05, 0.1) is 0 Å². The van der Waals surface area contributed by atoms with Gasteiger partial charge in [-0.25, -0.2) is 0 Å². The molecular formula is C12H17NO. The van der Waals surface area contributed by atoms with Crippen molar-refractivity contribution in [1.82, 2.24) is 5.32 Å². The normalized spacial score (nSPS) is 15.6. The molecule has 1 fully saturated rings. The Bertz CT molecular complexity index is 318. The molecule has 0 aromatic heterocycles. The van der Waals surface area contributed by atoms with Crippen molar-refractivity contribution in [2.75, 3.05) is 6.73 Å². The van der Waals surface area contributed by atoms with Gasteiger partial charge in [0, 0.05) is 6.04 Å². The first-order valence-corrected chi connectivity index (χ1v) is 5.19. The van der Waals surface area contributed by atoms with Gasteiger partial charge in [-0.2, -0.15) is 0 Å². The number of nitrogens with one attached hydrogen (secondary N) is 1. The minimum atomic E-state index is 0.632. The van der Waals surface area contributed by atoms with Gasteiger partial charge in [-0.15, -0.1) is 0 Å². The molecule has 1 aliphatic carbocycles. The fourth-order valence-corrected chi connectivity index (χ4v) is 1.33. The predicted octanol–water partition coefficient (Wildman–Crippen LogP) is 2.39. The van der Waals surface area contributed by atoms with E-state index in [1.165, 1.54) is 24.0 Å². The minimum Gasteiger partial charge on any atom is -0.478 e. The van der Waals surface area contributed by atoms with E-state index in [1.54, 1.807) is 0 Å². The first kappa shape index (κ1) is 9.53. The van der Waals surface area contributed by atoms with Crippen LogP contribution in [-0.2, 0) is 0 Å². The van der Waals surface area contributed by atoms with Gasteiger partial charge in [0.1, 0.15) is 12.5 Å². The van der Waals surface area contributed by atoms with Crippen molar-refractivity contribution in [2.24, 2.45) is 0 Å². The Balaban J connectivity index is 1.85. The summed E-state index contributed by atoms with van der Waals surface area (Å²) in [4.78, 5) is 0. The highest BCUT2D eigenvalue weighted by Gasteiger charge is 2.19. The molecule has 1 N–H and O–H groups in total. The average Bonchev–Trinajstić information content (AvgIpc) is 2.95. The maximum atomic E-state index is 5.58. The van der Waals surface area contributed by atoms with E-state index in [-0.39, 0.29) is 0 Å². The summed E-state index contributed by atoms with van der Waals surface area (Å²) < 4.78 is 5.58. The molecule has 0 heterocycles. The molecule has 0 radical (unpaired) electrons. The van der Waals surface area contributed by atoms with Crippen LogP contribution in [0.4, 0.5) is 0 Å². The molecule has 2 nitrogen and oxygen atoms in total. The van der Waals surface area contributed by atoms with Gasteiger partial charge in [0.25, 0.3) is 0 Å². The second-order valence-electron chi connectivity index (χ2n) is 4.01. The number of rotatable bonds is 4. The van der Waals surface area contributed by atoms with E-state index >= 15 is 0 Å². The summed E-state index contributed by atoms with van der Waals surface area (Å²) in [5.74, 6) is 0.959. The van der Waals surface area contributed by atoms with Crippen LogP contribution in [0.25, 0.3) is 0 Å². The lowest BCUT2D eigenvalue weighted by molar-refractivity contribution is 0.281. The zero-order chi connectivity index (χ0) is 9.97. The van der Waals surface area contributed by atoms with E-state index in [9.17, 15) is 0 Å². The molecule has 0 unspecified atom stereocenters. The maximum absolute atomic E-state index is 5.58. The molecule has 1 aromatic carbocycles. The van der Waals surface area contributed by atoms with Crippen LogP contribution in [0.15, 0.2) is 18.2 Å². The fraction of sp³-hybridized carbons (Fsp3) is 0.500. The van der Waals surface area contributed by atoms with Gasteiger partial charge >= 0.3 is 0 Å². The molecule has 0 saturated heterocycles. The summed E-state index contributed by atoms with van der Waals surface area (Å²) in [6, 6.07) is 6.92. The smallest absolute Gasteiger partial charge is 0.139 e. The van der Waals surface area contributed by atoms with E-state index in [0.29, 0.717) is 12.8 Å². The lowest BCUT2D eigenvalue weighted by atomic mass is 10.1. The number of aryl methyl sites for hydroxylation is 2. The van der Waals surface area contributed by atoms with Crippen LogP contribution in [0.5, 0.6) is 5.75 Å². The molecule has 1 saturated carbocycles. The average molecular weight is 191 g/mol. The molecule has 2 rings (SSSR count). The molecule has 0 spiro atoms. The van der Waals surface area contributed by atoms with Crippen LogP contribution >= 0.6 is 0 Å². The van der Waals surface area contributed by atoms with Crippen LogP contribution in [0.1, 0.15) is 24.0 Å². The number of ether oxygens (including phenoxy) is 1. The molecule has 0 atom stereocenters. The van der Waals surface area contributed by atoms with Gasteiger partial charge < -0.3 is 4.74 Å². The van der Waals surface area contributed by atoms with Crippen molar-refractivity contribution in [3.63, 3.8) is 0 Å². The summed E-state index contributed by atoms with van der Waals surface area (Å²) in [5.41, 5.74) is 2.60. The van der Waals surface area contributed by atoms with Crippen molar-refractivity contribution in [3.05, 3.63) is 29.3 Å². The highest BCUT2D eigenvalue weighted by atomic mass is 16.5. The van der Waals surface area contributed by atoms with Crippen LogP contribution in [0, 0.1) is 13.8 Å². The van der Waals surface area contributed by atoms with Crippen LogP contribution < -0.4 is 10.1 Å². The third-order valence-electron chi connectivity index (χ3n) is 2.67. The first-order chi connectivity index (χ1) is 6.75. The molecule has 14 heavy (non-hydrogen) atoms. The Morgan fingerprint density at radius 1 is 1.29 bits per heavy atom. The van der Waals surface area contributed by atoms with E-state index in [4.69, 9.17) is 4.74 Å². The largest absolute Gasteiger partial charge is 0.478 e. The van der Waals surface area contributed by atoms with E-state index in [2.05, 4.69) is 31.3 Å². The topological polar surface area (TPSA) is 21.3 Å². The molecular weight excluding hydrogens is 174 g/mol. The highest BCUT2D eigenvalue weighted by molar-refractivity contribution is 5.33. The fourth-order valence-electron chi connectivity index (χ4n) is 1.33. The Morgan fingerprint density at radius 2 is 2.07 bits per heavy atom. The van der Waals surface area contributed by atoms with Crippen LogP contribution in [0.2, 0.25) is 0 Å². The minimum absolute atomic E-state index is 0.632. The zero-order valence-electron chi connectivity index (χ0n) is 8.84. The molecule has 76 valence electrons. The predicted molar refractivity (Wildman–Crippen MR) is 57.6 cm³/mol. The second kappa shape index (κ2) is 4.01. The van der Waals surface area contributed by atoms with Crippen molar-refractivity contribution < 1.29 is 4.74 Å². The number of hydrogen-bond acceptors (Lipinski definition) is 2. The summed E-state index contributed by atoms with van der Waals surface area (Å²) >= 11 is 0. The Kier molecular flexibility index (Phi) is 2.73. The van der Waals surface area contributed by atoms with Crippen molar-refractivity contribution in [3.8, 4) is 5.75 Å². The van der Waals surface area contributed by atoms with Gasteiger partial charge in [-0.05, 0) is 49.9 Å². The van der Waals surface area contributed by atoms with E-state index in [0.717, 1.165) is 5.75 Å². The molecule has 0 amide bonds. The Hall–Kier alpha value is -1.02. The SMILES string of the molecule is Cc1ccc(OCNC2CC2)cc1C. The van der Waals surface area contributed by atoms with Crippen LogP contribution in [-0.4, -0.2) is 12.8 Å². The molecule has 1 aliphatic rings. The van der Waals surface area contributed by atoms with Crippen molar-refractivity contribution in [2.45, 2.75) is 32.7 Å². The van der Waals surface area contributed by atoms with E-state index in [1.807, 2.05) is 6.07 Å². The van der Waals surface area contributed by atoms with Gasteiger partial charge in [-0.3, -0.25) is 5.32 Å². The zero-order valence-corrected chi connectivity index (χ0v) is 8.84. The summed E-state index contributed by atoms with van der Waals surface area (Å²) in [7, 11) is 0. The lowest BCUT2D eigenvalue weighted by Gasteiger charge is -2.08. The van der Waals surface area contributed by atoms with Gasteiger partial charge in [0.2, 0.25) is 0 Å². The third-order valence-corrected chi connectivity index (χ3v) is 2.67. The van der Waals surface area contributed by atoms with Gasteiger partial charge in [-0.1, -0.05) is 6.07 Å². The van der Waals surface area contributed by atoms with E-state index < -0.39 is 0 Å². The Labute approximate surface area is 85.3 Å². The second-order valence-corrected chi connectivity index (χ2v) is 4.01. The monoisotopic (exact) mass is 191 g/mol. The summed E-state index contributed by atoms with van der Waals surface area (Å²) in [6.07, 6.45) is 2.60. The summed E-state index contributed by atoms with van der Waals surface area (Å²) in [6.45, 7) is 4.85. The van der Waals surface area contributed by atoms with Crippen LogP contribution in [0.3, 0.4) is 0 Å². The Morgan fingerprint density at radius 3 is 2.71 bits per heavy atom. The third kappa shape index (κ3) is 2.48. The standard InChI is InChI=1S/C12H17NO/c1-9-3-6-12(7-10(9)2)14-8-13-11-4-5-11/h3,6-7,11,13H,4-5,8H2,1-2H3. The van der Waals surface area contributed by atoms with Gasteiger partial charge in [0.15, 0.2) is 0 Å². The highest BCUT2D eigenvalue weighted by Crippen LogP contribution is 2.19. The number of hydrogen-bond donors (Lipinski definition) is 1. The van der Waals surface area contributed by atoms with Crippen molar-refractivity contribution in [1.29, 1.82) is 0 Å². The molecule has 0 aliphatic heterocycles. The first-order valence-electron chi connectivity index (χ1n) is 5.19. The molecule has 2 heteroatoms. The molecule has 1 aromatic rings. The molecule has 0 bridgehead atoms. The number of benzene rings is 1. The summed E-state index contributed by atoms with van der Waals surface area (Å²) in [5, 5.41) is 3.32. The lowest BCUT2D eigenvalue weighted by Crippen LogP contribution is -2.22. The van der Waals surface area contributed by atoms with Crippen molar-refractivity contribution >= 4 is 0 Å². The maximum Gasteiger partial charge on any atom is 0.139 e.